The van der Waals surface area contributed by atoms with E-state index in [-0.39, 0.29) is 11.3 Å². The molecule has 1 atom stereocenters. The molecule has 2 aromatic carbocycles. The maximum atomic E-state index is 4.09. The van der Waals surface area contributed by atoms with Crippen LogP contribution in [-0.2, 0) is 0 Å². The van der Waals surface area contributed by atoms with E-state index < -0.39 is 0 Å². The van der Waals surface area contributed by atoms with Crippen molar-refractivity contribution in [3.8, 4) is 0 Å². The third-order valence-corrected chi connectivity index (χ3v) is 4.90. The average molecular weight is 357 g/mol. The van der Waals surface area contributed by atoms with Crippen LogP contribution in [-0.4, -0.2) is 0 Å². The summed E-state index contributed by atoms with van der Waals surface area (Å²) in [5.74, 6) is 0.275. The van der Waals surface area contributed by atoms with Crippen LogP contribution < -0.4 is 0 Å². The van der Waals surface area contributed by atoms with Gasteiger partial charge in [-0.25, -0.2) is 0 Å². The summed E-state index contributed by atoms with van der Waals surface area (Å²) < 4.78 is 0. The molecule has 0 aliphatic rings. The van der Waals surface area contributed by atoms with E-state index in [1.807, 2.05) is 0 Å². The second-order valence-electron chi connectivity index (χ2n) is 7.89. The zero-order chi connectivity index (χ0) is 19.7. The van der Waals surface area contributed by atoms with E-state index in [2.05, 4.69) is 125 Å². The first-order valence-corrected chi connectivity index (χ1v) is 9.68. The fourth-order valence-electron chi connectivity index (χ4n) is 3.02. The summed E-state index contributed by atoms with van der Waals surface area (Å²) in [6.07, 6.45) is 12.2. The molecule has 0 unspecified atom stereocenters. The lowest BCUT2D eigenvalue weighted by molar-refractivity contribution is 0.426. The monoisotopic (exact) mass is 356 g/mol. The SMILES string of the molecule is C=CC(C)(C)[C@H](/C=C(/C=C/c1ccccc1)CC=C(C)C)c1ccccc1. The molecule has 2 rings (SSSR count). The van der Waals surface area contributed by atoms with Crippen molar-refractivity contribution in [3.63, 3.8) is 0 Å². The van der Waals surface area contributed by atoms with Gasteiger partial charge in [0.05, 0.1) is 0 Å². The van der Waals surface area contributed by atoms with Crippen LogP contribution in [0.25, 0.3) is 6.08 Å². The predicted octanol–water partition coefficient (Wildman–Crippen LogP) is 7.98. The minimum atomic E-state index is -0.0296. The van der Waals surface area contributed by atoms with Gasteiger partial charge < -0.3 is 0 Å². The zero-order valence-electron chi connectivity index (χ0n) is 17.2. The molecular weight excluding hydrogens is 324 g/mol. The second-order valence-corrected chi connectivity index (χ2v) is 7.89. The van der Waals surface area contributed by atoms with Crippen molar-refractivity contribution in [1.82, 2.24) is 0 Å². The van der Waals surface area contributed by atoms with Crippen LogP contribution >= 0.6 is 0 Å². The van der Waals surface area contributed by atoms with Crippen LogP contribution in [0.4, 0.5) is 0 Å². The van der Waals surface area contributed by atoms with E-state index in [0.29, 0.717) is 0 Å². The van der Waals surface area contributed by atoms with Crippen molar-refractivity contribution in [2.45, 2.75) is 40.0 Å². The van der Waals surface area contributed by atoms with E-state index in [0.717, 1.165) is 6.42 Å². The maximum Gasteiger partial charge on any atom is 0.0109 e. The molecule has 0 saturated carbocycles. The van der Waals surface area contributed by atoms with Crippen molar-refractivity contribution in [1.29, 1.82) is 0 Å². The summed E-state index contributed by atoms with van der Waals surface area (Å²) in [6, 6.07) is 21.2. The summed E-state index contributed by atoms with van der Waals surface area (Å²) in [6.45, 7) is 12.9. The van der Waals surface area contributed by atoms with Gasteiger partial charge in [-0.15, -0.1) is 6.58 Å². The smallest absolute Gasteiger partial charge is 0.0109 e. The molecule has 0 nitrogen and oxygen atoms in total. The quantitative estimate of drug-likeness (QED) is 0.332. The summed E-state index contributed by atoms with van der Waals surface area (Å²) in [5, 5.41) is 0. The van der Waals surface area contributed by atoms with E-state index in [1.54, 1.807) is 0 Å². The van der Waals surface area contributed by atoms with Gasteiger partial charge >= 0.3 is 0 Å². The summed E-state index contributed by atoms with van der Waals surface area (Å²) in [5.41, 5.74) is 5.18. The average Bonchev–Trinajstić information content (AvgIpc) is 2.68. The molecule has 0 heterocycles. The van der Waals surface area contributed by atoms with Crippen LogP contribution in [0.5, 0.6) is 0 Å². The van der Waals surface area contributed by atoms with Crippen molar-refractivity contribution >= 4 is 6.08 Å². The van der Waals surface area contributed by atoms with Gasteiger partial charge in [0.1, 0.15) is 0 Å². The lowest BCUT2D eigenvalue weighted by atomic mass is 9.74. The third kappa shape index (κ3) is 6.57. The molecular formula is C27H32. The molecule has 0 bridgehead atoms. The third-order valence-electron chi connectivity index (χ3n) is 4.90. The van der Waals surface area contributed by atoms with E-state index in [9.17, 15) is 0 Å². The normalized spacial score (nSPS) is 13.4. The van der Waals surface area contributed by atoms with Crippen molar-refractivity contribution in [2.24, 2.45) is 5.41 Å². The van der Waals surface area contributed by atoms with Crippen molar-refractivity contribution < 1.29 is 0 Å². The Morgan fingerprint density at radius 3 is 2.11 bits per heavy atom. The van der Waals surface area contributed by atoms with Gasteiger partial charge in [-0.1, -0.05) is 110 Å². The first-order valence-electron chi connectivity index (χ1n) is 9.68. The van der Waals surface area contributed by atoms with Gasteiger partial charge in [-0.3, -0.25) is 0 Å². The highest BCUT2D eigenvalue weighted by Gasteiger charge is 2.26. The molecule has 0 heteroatoms. The Hall–Kier alpha value is -2.60. The van der Waals surface area contributed by atoms with Crippen LogP contribution in [0.1, 0.15) is 51.2 Å². The Morgan fingerprint density at radius 2 is 1.56 bits per heavy atom. The second kappa shape index (κ2) is 9.92. The van der Waals surface area contributed by atoms with Gasteiger partial charge in [0, 0.05) is 5.92 Å². The van der Waals surface area contributed by atoms with Crippen LogP contribution in [0.15, 0.2) is 103 Å². The summed E-state index contributed by atoms with van der Waals surface area (Å²) in [4.78, 5) is 0. The topological polar surface area (TPSA) is 0 Å². The molecule has 27 heavy (non-hydrogen) atoms. The van der Waals surface area contributed by atoms with Gasteiger partial charge in [0.15, 0.2) is 0 Å². The van der Waals surface area contributed by atoms with E-state index in [4.69, 9.17) is 0 Å². The van der Waals surface area contributed by atoms with Crippen LogP contribution in [0, 0.1) is 5.41 Å². The Bertz CT molecular complexity index is 798. The Labute approximate surface area is 165 Å². The summed E-state index contributed by atoms with van der Waals surface area (Å²) >= 11 is 0. The van der Waals surface area contributed by atoms with Crippen molar-refractivity contribution in [2.75, 3.05) is 0 Å². The molecule has 2 aromatic rings. The molecule has 0 aliphatic carbocycles. The summed E-state index contributed by atoms with van der Waals surface area (Å²) in [7, 11) is 0. The molecule has 0 aromatic heterocycles. The van der Waals surface area contributed by atoms with Crippen LogP contribution in [0.2, 0.25) is 0 Å². The number of allylic oxidation sites excluding steroid dienone is 6. The number of hydrogen-bond donors (Lipinski definition) is 0. The fourth-order valence-corrected chi connectivity index (χ4v) is 3.02. The molecule has 0 N–H and O–H groups in total. The van der Waals surface area contributed by atoms with Crippen molar-refractivity contribution in [3.05, 3.63) is 114 Å². The largest absolute Gasteiger partial charge is 0.103 e. The molecule has 0 saturated heterocycles. The Balaban J connectivity index is 2.45. The van der Waals surface area contributed by atoms with Gasteiger partial charge in [0.25, 0.3) is 0 Å². The highest BCUT2D eigenvalue weighted by atomic mass is 14.3. The molecule has 0 fully saturated rings. The minimum Gasteiger partial charge on any atom is -0.103 e. The lowest BCUT2D eigenvalue weighted by Crippen LogP contribution is -2.18. The maximum absolute atomic E-state index is 4.09. The Morgan fingerprint density at radius 1 is 0.963 bits per heavy atom. The molecule has 0 aliphatic heterocycles. The fraction of sp³-hybridized carbons (Fsp3) is 0.259. The van der Waals surface area contributed by atoms with Gasteiger partial charge in [0.2, 0.25) is 0 Å². The molecule has 0 spiro atoms. The van der Waals surface area contributed by atoms with Crippen LogP contribution in [0.3, 0.4) is 0 Å². The number of benzene rings is 2. The highest BCUT2D eigenvalue weighted by molar-refractivity contribution is 5.53. The van der Waals surface area contributed by atoms with E-state index >= 15 is 0 Å². The number of hydrogen-bond acceptors (Lipinski definition) is 0. The zero-order valence-corrected chi connectivity index (χ0v) is 17.2. The molecule has 0 amide bonds. The number of rotatable bonds is 8. The minimum absolute atomic E-state index is 0.0296. The lowest BCUT2D eigenvalue weighted by Gasteiger charge is -2.30. The first kappa shape index (κ1) is 20.7. The van der Waals surface area contributed by atoms with E-state index in [1.165, 1.54) is 22.3 Å². The predicted molar refractivity (Wildman–Crippen MR) is 121 cm³/mol. The highest BCUT2D eigenvalue weighted by Crippen LogP contribution is 2.39. The van der Waals surface area contributed by atoms with Gasteiger partial charge in [-0.05, 0) is 42.4 Å². The first-order chi connectivity index (χ1) is 12.9. The van der Waals surface area contributed by atoms with Gasteiger partial charge in [-0.2, -0.15) is 0 Å². The standard InChI is InChI=1S/C27H32/c1-6-27(4,5)26(25-15-11-8-12-16-25)21-24(18-17-22(2)3)20-19-23-13-9-7-10-14-23/h6-17,19-21,26H,1,18H2,2-5H3/b20-19+,24-21+/t26-/m1/s1. The Kier molecular flexibility index (Phi) is 7.61. The molecule has 140 valence electrons. The molecule has 0 radical (unpaired) electrons.